The van der Waals surface area contributed by atoms with Crippen LogP contribution in [-0.4, -0.2) is 34.1 Å². The number of para-hydroxylation sites is 1. The lowest BCUT2D eigenvalue weighted by molar-refractivity contribution is -0.118. The lowest BCUT2D eigenvalue weighted by Crippen LogP contribution is -2.28. The minimum Gasteiger partial charge on any atom is -0.325 e. The average Bonchev–Trinajstić information content (AvgIpc) is 3.45. The van der Waals surface area contributed by atoms with Gasteiger partial charge in [-0.25, -0.2) is 0 Å². The molecule has 7 rings (SSSR count). The van der Waals surface area contributed by atoms with Crippen LogP contribution >= 0.6 is 0 Å². The quantitative estimate of drug-likeness (QED) is 0.368. The van der Waals surface area contributed by atoms with E-state index >= 15 is 0 Å². The Hall–Kier alpha value is -3.70. The molecule has 2 atom stereocenters. The highest BCUT2D eigenvalue weighted by Gasteiger charge is 2.65. The van der Waals surface area contributed by atoms with Crippen LogP contribution in [0.2, 0.25) is 0 Å². The molecular formula is C31H30N4O. The zero-order valence-corrected chi connectivity index (χ0v) is 20.3. The predicted molar refractivity (Wildman–Crippen MR) is 145 cm³/mol. The molecule has 3 heterocycles. The summed E-state index contributed by atoms with van der Waals surface area (Å²) in [5.74, 6) is 0.334. The predicted octanol–water partition coefficient (Wildman–Crippen LogP) is 6.10. The first-order valence-electron chi connectivity index (χ1n) is 13.1. The molecule has 5 nitrogen and oxygen atoms in total. The van der Waals surface area contributed by atoms with Crippen molar-refractivity contribution in [1.82, 2.24) is 15.1 Å². The molecule has 2 N–H and O–H groups in total. The van der Waals surface area contributed by atoms with Crippen molar-refractivity contribution in [3.63, 3.8) is 0 Å². The van der Waals surface area contributed by atoms with Gasteiger partial charge in [0.2, 0.25) is 5.91 Å². The minimum atomic E-state index is -0.410. The zero-order valence-electron chi connectivity index (χ0n) is 20.3. The number of nitrogens with zero attached hydrogens (tertiary/aromatic N) is 2. The van der Waals surface area contributed by atoms with Crippen molar-refractivity contribution in [2.75, 3.05) is 18.4 Å². The Morgan fingerprint density at radius 2 is 1.81 bits per heavy atom. The van der Waals surface area contributed by atoms with Crippen LogP contribution in [0.25, 0.3) is 23.1 Å². The number of hydrogen-bond donors (Lipinski definition) is 2. The van der Waals surface area contributed by atoms with Gasteiger partial charge in [-0.15, -0.1) is 0 Å². The summed E-state index contributed by atoms with van der Waals surface area (Å²) in [6, 6.07) is 23.4. The topological polar surface area (TPSA) is 61.0 Å². The maximum Gasteiger partial charge on any atom is 0.235 e. The molecule has 3 aromatic carbocycles. The summed E-state index contributed by atoms with van der Waals surface area (Å²) in [5.41, 5.74) is 7.38. The molecule has 0 bridgehead atoms. The van der Waals surface area contributed by atoms with Gasteiger partial charge in [0.05, 0.1) is 16.6 Å². The van der Waals surface area contributed by atoms with E-state index in [0.717, 1.165) is 40.8 Å². The Bertz CT molecular complexity index is 1480. The first-order valence-corrected chi connectivity index (χ1v) is 13.1. The molecule has 2 fully saturated rings. The van der Waals surface area contributed by atoms with Crippen molar-refractivity contribution in [3.05, 3.63) is 94.7 Å². The van der Waals surface area contributed by atoms with Gasteiger partial charge >= 0.3 is 0 Å². The highest BCUT2D eigenvalue weighted by Crippen LogP contribution is 2.64. The van der Waals surface area contributed by atoms with Crippen molar-refractivity contribution < 1.29 is 4.79 Å². The van der Waals surface area contributed by atoms with E-state index in [4.69, 9.17) is 0 Å². The second-order valence-corrected chi connectivity index (χ2v) is 10.6. The van der Waals surface area contributed by atoms with E-state index in [-0.39, 0.29) is 11.8 Å². The molecule has 1 aromatic heterocycles. The Kier molecular flexibility index (Phi) is 5.07. The lowest BCUT2D eigenvalue weighted by Gasteiger charge is -2.26. The van der Waals surface area contributed by atoms with Gasteiger partial charge in [0.1, 0.15) is 0 Å². The van der Waals surface area contributed by atoms with Crippen LogP contribution in [0.4, 0.5) is 5.69 Å². The summed E-state index contributed by atoms with van der Waals surface area (Å²) in [4.78, 5) is 15.4. The SMILES string of the molecule is O=C1Nc2ccccc2[C@]12C[C@H]2c1ccc2c(C=Cc3ccc(CN4CCCCC4)cc3)n[nH]c2c1. The summed E-state index contributed by atoms with van der Waals surface area (Å²) >= 11 is 0. The van der Waals surface area contributed by atoms with Gasteiger partial charge in [-0.1, -0.05) is 67.1 Å². The third kappa shape index (κ3) is 3.58. The molecule has 5 heteroatoms. The minimum absolute atomic E-state index is 0.129. The fourth-order valence-corrected chi connectivity index (χ4v) is 6.24. The first kappa shape index (κ1) is 21.6. The number of rotatable bonds is 5. The van der Waals surface area contributed by atoms with Crippen molar-refractivity contribution in [1.29, 1.82) is 0 Å². The van der Waals surface area contributed by atoms with E-state index in [9.17, 15) is 4.79 Å². The third-order valence-electron chi connectivity index (χ3n) is 8.31. The number of anilines is 1. The normalized spacial score (nSPS) is 23.4. The van der Waals surface area contributed by atoms with Gasteiger partial charge < -0.3 is 5.32 Å². The number of carbonyl (C=O) groups is 1. The molecule has 1 amide bonds. The molecule has 180 valence electrons. The Balaban J connectivity index is 1.08. The number of hydrogen-bond acceptors (Lipinski definition) is 3. The Labute approximate surface area is 211 Å². The second-order valence-electron chi connectivity index (χ2n) is 10.6. The standard InChI is InChI=1S/C31H30N4O/c36-30-31(25-6-2-3-7-28(25)32-30)19-26(31)23-13-14-24-27(33-34-29(24)18-23)15-12-21-8-10-22(11-9-21)20-35-16-4-1-5-17-35/h2-3,6-15,18,26H,1,4-5,16-17,19-20H2,(H,32,36)(H,33,34)/t26-,31-/m0/s1. The van der Waals surface area contributed by atoms with Gasteiger partial charge in [0, 0.05) is 23.5 Å². The third-order valence-corrected chi connectivity index (χ3v) is 8.31. The maximum absolute atomic E-state index is 12.9. The number of likely N-dealkylation sites (tertiary alicyclic amines) is 1. The van der Waals surface area contributed by atoms with Crippen molar-refractivity contribution in [3.8, 4) is 0 Å². The van der Waals surface area contributed by atoms with Crippen LogP contribution in [0.1, 0.15) is 59.5 Å². The summed E-state index contributed by atoms with van der Waals surface area (Å²) in [6.07, 6.45) is 9.09. The molecule has 4 aromatic rings. The number of amides is 1. The smallest absolute Gasteiger partial charge is 0.235 e. The molecule has 1 saturated carbocycles. The number of benzene rings is 3. The summed E-state index contributed by atoms with van der Waals surface area (Å²) in [7, 11) is 0. The molecule has 2 aliphatic heterocycles. The van der Waals surface area contributed by atoms with Crippen LogP contribution in [0.15, 0.2) is 66.7 Å². The van der Waals surface area contributed by atoms with Crippen LogP contribution in [0.5, 0.6) is 0 Å². The van der Waals surface area contributed by atoms with Gasteiger partial charge in [-0.05, 0) is 72.8 Å². The van der Waals surface area contributed by atoms with Crippen molar-refractivity contribution in [2.24, 2.45) is 0 Å². The highest BCUT2D eigenvalue weighted by atomic mass is 16.2. The molecule has 3 aliphatic rings. The van der Waals surface area contributed by atoms with Gasteiger partial charge in [0.15, 0.2) is 0 Å². The van der Waals surface area contributed by atoms with E-state index in [1.165, 1.54) is 49.0 Å². The maximum atomic E-state index is 12.9. The number of fused-ring (bicyclic) bond motifs is 3. The average molecular weight is 475 g/mol. The number of H-pyrrole nitrogens is 1. The van der Waals surface area contributed by atoms with Gasteiger partial charge in [0.25, 0.3) is 0 Å². The van der Waals surface area contributed by atoms with E-state index in [1.54, 1.807) is 0 Å². The zero-order chi connectivity index (χ0) is 24.1. The van der Waals surface area contributed by atoms with E-state index in [2.05, 4.69) is 81.1 Å². The van der Waals surface area contributed by atoms with Crippen LogP contribution in [0, 0.1) is 0 Å². The molecule has 0 radical (unpaired) electrons. The number of aromatic amines is 1. The highest BCUT2D eigenvalue weighted by molar-refractivity contribution is 6.09. The van der Waals surface area contributed by atoms with Crippen molar-refractivity contribution in [2.45, 2.75) is 43.6 Å². The van der Waals surface area contributed by atoms with Gasteiger partial charge in [-0.3, -0.25) is 14.8 Å². The molecule has 36 heavy (non-hydrogen) atoms. The fourth-order valence-electron chi connectivity index (χ4n) is 6.24. The molecule has 1 saturated heterocycles. The number of aromatic nitrogens is 2. The number of nitrogens with one attached hydrogen (secondary N) is 2. The van der Waals surface area contributed by atoms with Crippen LogP contribution in [-0.2, 0) is 16.8 Å². The number of carbonyl (C=O) groups excluding carboxylic acids is 1. The van der Waals surface area contributed by atoms with Gasteiger partial charge in [-0.2, -0.15) is 5.10 Å². The molecule has 0 unspecified atom stereocenters. The summed E-state index contributed by atoms with van der Waals surface area (Å²) in [5, 5.41) is 11.9. The summed E-state index contributed by atoms with van der Waals surface area (Å²) in [6.45, 7) is 3.49. The second kappa shape index (κ2) is 8.45. The lowest BCUT2D eigenvalue weighted by atomic mass is 9.92. The largest absolute Gasteiger partial charge is 0.325 e. The first-order chi connectivity index (χ1) is 17.7. The molecular weight excluding hydrogens is 444 g/mol. The van der Waals surface area contributed by atoms with E-state index in [0.29, 0.717) is 0 Å². The van der Waals surface area contributed by atoms with Crippen LogP contribution in [0.3, 0.4) is 0 Å². The van der Waals surface area contributed by atoms with E-state index < -0.39 is 5.41 Å². The number of piperidine rings is 1. The Morgan fingerprint density at radius 3 is 2.67 bits per heavy atom. The fraction of sp³-hybridized carbons (Fsp3) is 0.290. The van der Waals surface area contributed by atoms with E-state index in [1.807, 2.05) is 18.2 Å². The summed E-state index contributed by atoms with van der Waals surface area (Å²) < 4.78 is 0. The molecule has 1 aliphatic carbocycles. The Morgan fingerprint density at radius 1 is 0.972 bits per heavy atom. The molecule has 1 spiro atoms. The monoisotopic (exact) mass is 474 g/mol. The van der Waals surface area contributed by atoms with Crippen LogP contribution < -0.4 is 5.32 Å². The van der Waals surface area contributed by atoms with Crippen molar-refractivity contribution >= 4 is 34.6 Å².